The molecule has 0 spiro atoms. The summed E-state index contributed by atoms with van der Waals surface area (Å²) in [7, 11) is 1.72. The molecule has 0 bridgehead atoms. The maximum Gasteiger partial charge on any atom is 0.123 e. The first kappa shape index (κ1) is 12.4. The Kier molecular flexibility index (Phi) is 3.43. The van der Waals surface area contributed by atoms with Gasteiger partial charge in [0.1, 0.15) is 5.75 Å². The topological polar surface area (TPSA) is 35.2 Å². The van der Waals surface area contributed by atoms with Gasteiger partial charge in [0.2, 0.25) is 0 Å². The molecule has 0 radical (unpaired) electrons. The molecule has 1 fully saturated rings. The van der Waals surface area contributed by atoms with Crippen LogP contribution in [0.2, 0.25) is 0 Å². The fourth-order valence-corrected chi connectivity index (χ4v) is 2.53. The maximum absolute atomic E-state index is 6.32. The van der Waals surface area contributed by atoms with E-state index in [0.29, 0.717) is 5.92 Å². The lowest BCUT2D eigenvalue weighted by atomic mass is 9.90. The smallest absolute Gasteiger partial charge is 0.123 e. The van der Waals surface area contributed by atoms with Crippen LogP contribution < -0.4 is 10.5 Å². The van der Waals surface area contributed by atoms with E-state index in [2.05, 4.69) is 32.0 Å². The van der Waals surface area contributed by atoms with Crippen LogP contribution in [0.1, 0.15) is 56.6 Å². The van der Waals surface area contributed by atoms with E-state index in [-0.39, 0.29) is 5.54 Å². The molecule has 2 rings (SSSR count). The third-order valence-corrected chi connectivity index (χ3v) is 4.01. The predicted octanol–water partition coefficient (Wildman–Crippen LogP) is 3.55. The summed E-state index contributed by atoms with van der Waals surface area (Å²) in [6, 6.07) is 6.53. The third-order valence-electron chi connectivity index (χ3n) is 4.01. The molecule has 0 amide bonds. The summed E-state index contributed by atoms with van der Waals surface area (Å²) in [5, 5.41) is 0. The molecule has 2 N–H and O–H groups in total. The third kappa shape index (κ3) is 2.32. The van der Waals surface area contributed by atoms with Crippen LogP contribution in [0.25, 0.3) is 0 Å². The Hall–Kier alpha value is -1.02. The van der Waals surface area contributed by atoms with Crippen LogP contribution in [0, 0.1) is 0 Å². The number of hydrogen-bond acceptors (Lipinski definition) is 2. The van der Waals surface area contributed by atoms with Gasteiger partial charge in [-0.05, 0) is 49.3 Å². The highest BCUT2D eigenvalue weighted by Gasteiger charge is 2.42. The maximum atomic E-state index is 6.32. The lowest BCUT2D eigenvalue weighted by Crippen LogP contribution is -2.20. The number of ether oxygens (including phenoxy) is 1. The monoisotopic (exact) mass is 233 g/mol. The fraction of sp³-hybridized carbons (Fsp3) is 0.600. The lowest BCUT2D eigenvalue weighted by molar-refractivity contribution is 0.404. The Morgan fingerprint density at radius 1 is 1.29 bits per heavy atom. The van der Waals surface area contributed by atoms with Crippen molar-refractivity contribution in [2.75, 3.05) is 7.11 Å². The normalized spacial score (nSPS) is 17.2. The van der Waals surface area contributed by atoms with Crippen molar-refractivity contribution in [2.45, 2.75) is 51.0 Å². The fourth-order valence-electron chi connectivity index (χ4n) is 2.53. The van der Waals surface area contributed by atoms with Crippen LogP contribution in [0.3, 0.4) is 0 Å². The Morgan fingerprint density at radius 3 is 2.41 bits per heavy atom. The van der Waals surface area contributed by atoms with Gasteiger partial charge in [-0.3, -0.25) is 0 Å². The Morgan fingerprint density at radius 2 is 1.94 bits per heavy atom. The summed E-state index contributed by atoms with van der Waals surface area (Å²) < 4.78 is 5.43. The number of hydrogen-bond donors (Lipinski definition) is 1. The van der Waals surface area contributed by atoms with Crippen LogP contribution in [-0.2, 0) is 5.54 Å². The van der Waals surface area contributed by atoms with E-state index in [0.717, 1.165) is 18.6 Å². The van der Waals surface area contributed by atoms with E-state index in [1.807, 2.05) is 0 Å². The van der Waals surface area contributed by atoms with Gasteiger partial charge < -0.3 is 10.5 Å². The summed E-state index contributed by atoms with van der Waals surface area (Å²) in [6.07, 6.45) is 4.52. The Bertz CT molecular complexity index is 392. The van der Waals surface area contributed by atoms with Crippen LogP contribution in [0.4, 0.5) is 0 Å². The van der Waals surface area contributed by atoms with Crippen molar-refractivity contribution >= 4 is 0 Å². The van der Waals surface area contributed by atoms with Crippen molar-refractivity contribution in [1.29, 1.82) is 0 Å². The first-order valence-corrected chi connectivity index (χ1v) is 6.62. The number of methoxy groups -OCH3 is 1. The number of nitrogens with two attached hydrogens (primary N) is 1. The first-order valence-electron chi connectivity index (χ1n) is 6.62. The van der Waals surface area contributed by atoms with E-state index in [9.17, 15) is 0 Å². The average molecular weight is 233 g/mol. The molecule has 0 heterocycles. The van der Waals surface area contributed by atoms with Crippen molar-refractivity contribution < 1.29 is 4.74 Å². The summed E-state index contributed by atoms with van der Waals surface area (Å²) >= 11 is 0. The zero-order valence-corrected chi connectivity index (χ0v) is 11.1. The van der Waals surface area contributed by atoms with Gasteiger partial charge in [0.25, 0.3) is 0 Å². The number of benzene rings is 1. The minimum absolute atomic E-state index is 0.118. The second-order valence-electron chi connectivity index (χ2n) is 5.13. The van der Waals surface area contributed by atoms with Gasteiger partial charge in [0.15, 0.2) is 0 Å². The summed E-state index contributed by atoms with van der Waals surface area (Å²) in [5.41, 5.74) is 8.80. The highest BCUT2D eigenvalue weighted by molar-refractivity contribution is 5.45. The molecule has 0 unspecified atom stereocenters. The summed E-state index contributed by atoms with van der Waals surface area (Å²) in [4.78, 5) is 0. The van der Waals surface area contributed by atoms with E-state index in [4.69, 9.17) is 10.5 Å². The van der Waals surface area contributed by atoms with Crippen LogP contribution in [0.15, 0.2) is 18.2 Å². The second kappa shape index (κ2) is 4.69. The largest absolute Gasteiger partial charge is 0.496 e. The van der Waals surface area contributed by atoms with E-state index >= 15 is 0 Å². The van der Waals surface area contributed by atoms with Crippen molar-refractivity contribution in [2.24, 2.45) is 5.73 Å². The van der Waals surface area contributed by atoms with E-state index < -0.39 is 0 Å². The van der Waals surface area contributed by atoms with Crippen LogP contribution in [-0.4, -0.2) is 7.11 Å². The first-order chi connectivity index (χ1) is 8.14. The van der Waals surface area contributed by atoms with Crippen molar-refractivity contribution in [3.63, 3.8) is 0 Å². The van der Waals surface area contributed by atoms with Gasteiger partial charge in [-0.25, -0.2) is 0 Å². The Labute approximate surface area is 104 Å². The molecule has 17 heavy (non-hydrogen) atoms. The molecular weight excluding hydrogens is 210 g/mol. The quantitative estimate of drug-likeness (QED) is 0.844. The molecular formula is C15H23NO. The van der Waals surface area contributed by atoms with Crippen molar-refractivity contribution in [3.8, 4) is 5.75 Å². The minimum atomic E-state index is -0.118. The molecule has 1 aromatic rings. The van der Waals surface area contributed by atoms with Gasteiger partial charge in [0, 0.05) is 11.1 Å². The highest BCUT2D eigenvalue weighted by atomic mass is 16.5. The van der Waals surface area contributed by atoms with Gasteiger partial charge in [-0.1, -0.05) is 19.9 Å². The van der Waals surface area contributed by atoms with E-state index in [1.54, 1.807) is 7.11 Å². The molecule has 1 aliphatic carbocycles. The zero-order chi connectivity index (χ0) is 12.5. The van der Waals surface area contributed by atoms with E-state index in [1.165, 1.54) is 24.0 Å². The summed E-state index contributed by atoms with van der Waals surface area (Å²) in [5.74, 6) is 1.58. The molecule has 2 heteroatoms. The van der Waals surface area contributed by atoms with Crippen molar-refractivity contribution in [3.05, 3.63) is 29.3 Å². The Balaban J connectivity index is 2.38. The highest BCUT2D eigenvalue weighted by Crippen LogP contribution is 2.47. The molecule has 94 valence electrons. The molecule has 0 saturated heterocycles. The van der Waals surface area contributed by atoms with Gasteiger partial charge in [-0.2, -0.15) is 0 Å². The average Bonchev–Trinajstić information content (AvgIpc) is 3.10. The molecule has 1 saturated carbocycles. The van der Waals surface area contributed by atoms with Gasteiger partial charge in [-0.15, -0.1) is 0 Å². The van der Waals surface area contributed by atoms with Gasteiger partial charge >= 0.3 is 0 Å². The molecule has 1 aromatic carbocycles. The van der Waals surface area contributed by atoms with Crippen LogP contribution in [0.5, 0.6) is 5.75 Å². The SMILES string of the molecule is CCC(CC)c1ccc(OC)c(C2(N)CC2)c1. The zero-order valence-electron chi connectivity index (χ0n) is 11.1. The second-order valence-corrected chi connectivity index (χ2v) is 5.13. The molecule has 0 aliphatic heterocycles. The lowest BCUT2D eigenvalue weighted by Gasteiger charge is -2.19. The molecule has 1 aliphatic rings. The van der Waals surface area contributed by atoms with Crippen LogP contribution >= 0.6 is 0 Å². The minimum Gasteiger partial charge on any atom is -0.496 e. The molecule has 0 aromatic heterocycles. The van der Waals surface area contributed by atoms with Crippen molar-refractivity contribution in [1.82, 2.24) is 0 Å². The number of rotatable bonds is 5. The predicted molar refractivity (Wildman–Crippen MR) is 71.4 cm³/mol. The summed E-state index contributed by atoms with van der Waals surface area (Å²) in [6.45, 7) is 4.49. The molecule has 0 atom stereocenters. The molecule has 2 nitrogen and oxygen atoms in total. The van der Waals surface area contributed by atoms with Gasteiger partial charge in [0.05, 0.1) is 7.11 Å². The standard InChI is InChI=1S/C15H23NO/c1-4-11(5-2)12-6-7-14(17-3)13(10-12)15(16)8-9-15/h6-7,10-11H,4-5,8-9,16H2,1-3H3.